The normalized spacial score (nSPS) is 8.83. The molecule has 0 bridgehead atoms. The molecule has 0 N–H and O–H groups in total. The average molecular weight is 190 g/mol. The second-order valence-corrected chi connectivity index (χ2v) is 3.95. The van der Waals surface area contributed by atoms with Gasteiger partial charge in [0.2, 0.25) is 0 Å². The van der Waals surface area contributed by atoms with Crippen LogP contribution in [0.15, 0.2) is 30.3 Å². The van der Waals surface area contributed by atoms with Crippen LogP contribution in [0.4, 0.5) is 0 Å². The Kier molecular flexibility index (Phi) is 7.08. The second-order valence-electron chi connectivity index (χ2n) is 2.06. The fourth-order valence-corrected chi connectivity index (χ4v) is 2.30. The van der Waals surface area contributed by atoms with E-state index in [1.54, 1.807) is 23.5 Å². The van der Waals surface area contributed by atoms with Gasteiger partial charge >= 0.3 is 18.9 Å². The molecule has 0 heterocycles. The van der Waals surface area contributed by atoms with Crippen molar-refractivity contribution in [1.29, 1.82) is 0 Å². The average Bonchev–Trinajstić information content (AvgIpc) is 2.09. The van der Waals surface area contributed by atoms with Crippen molar-refractivity contribution in [2.75, 3.05) is 12.5 Å². The third-order valence-corrected chi connectivity index (χ3v) is 3.59. The molecular weight excluding hydrogens is 179 g/mol. The van der Waals surface area contributed by atoms with E-state index in [2.05, 4.69) is 36.8 Å². The van der Waals surface area contributed by atoms with Gasteiger partial charge in [-0.05, 0) is 12.5 Å². The van der Waals surface area contributed by atoms with E-state index in [0.717, 1.165) is 0 Å². The molecule has 3 heteroatoms. The van der Waals surface area contributed by atoms with Crippen LogP contribution in [0.1, 0.15) is 5.56 Å². The smallest absolute Gasteiger partial charge is 0.191 e. The van der Waals surface area contributed by atoms with E-state index in [1.165, 1.54) is 10.1 Å². The van der Waals surface area contributed by atoms with Crippen LogP contribution in [-0.4, -0.2) is 12.5 Å². The summed E-state index contributed by atoms with van der Waals surface area (Å²) in [5, 5.41) is 0. The van der Waals surface area contributed by atoms with Crippen LogP contribution < -0.4 is 18.9 Å². The summed E-state index contributed by atoms with van der Waals surface area (Å²) < 4.78 is 1.38. The minimum absolute atomic E-state index is 0. The Bertz CT molecular complexity index is 197. The summed E-state index contributed by atoms with van der Waals surface area (Å²) in [4.78, 5) is 0. The van der Waals surface area contributed by atoms with Crippen LogP contribution >= 0.6 is 23.5 Å². The molecule has 0 saturated heterocycles. The Morgan fingerprint density at radius 3 is 1.92 bits per heavy atom. The summed E-state index contributed by atoms with van der Waals surface area (Å²) in [6.45, 7) is 0. The minimum Gasteiger partial charge on any atom is -0.191 e. The van der Waals surface area contributed by atoms with Crippen LogP contribution in [0, 0.1) is 4.58 Å². The van der Waals surface area contributed by atoms with E-state index in [-0.39, 0.29) is 18.9 Å². The summed E-state index contributed by atoms with van der Waals surface area (Å²) in [6, 6.07) is 10.5. The first-order chi connectivity index (χ1) is 5.38. The Morgan fingerprint density at radius 1 is 1.00 bits per heavy atom. The molecule has 1 rings (SSSR count). The van der Waals surface area contributed by atoms with Crippen molar-refractivity contribution in [3.8, 4) is 0 Å². The van der Waals surface area contributed by atoms with Crippen molar-refractivity contribution in [3.63, 3.8) is 0 Å². The third-order valence-electron chi connectivity index (χ3n) is 1.38. The summed E-state index contributed by atoms with van der Waals surface area (Å²) in [5.41, 5.74) is 1.33. The van der Waals surface area contributed by atoms with Gasteiger partial charge in [0.15, 0.2) is 0 Å². The molecule has 12 heavy (non-hydrogen) atoms. The Hall–Kier alpha value is 0.387. The Morgan fingerprint density at radius 2 is 1.50 bits per heavy atom. The predicted octanol–water partition coefficient (Wildman–Crippen LogP) is 0.254. The SMILES string of the molecule is CS[C-](SC)c1ccccc1.[Li+]. The predicted molar refractivity (Wildman–Crippen MR) is 55.8 cm³/mol. The van der Waals surface area contributed by atoms with Crippen molar-refractivity contribution >= 4 is 23.5 Å². The fraction of sp³-hybridized carbons (Fsp3) is 0.222. The first-order valence-corrected chi connectivity index (χ1v) is 5.83. The van der Waals surface area contributed by atoms with Crippen molar-refractivity contribution in [3.05, 3.63) is 40.5 Å². The molecule has 0 aromatic heterocycles. The standard InChI is InChI=1S/C9H11S2.Li/c1-10-9(11-2)8-6-4-3-5-7-8;/h3-7H,1-2H3;/q-1;+1. The molecule has 0 fully saturated rings. The topological polar surface area (TPSA) is 0 Å². The van der Waals surface area contributed by atoms with Gasteiger partial charge in [0.05, 0.1) is 0 Å². The van der Waals surface area contributed by atoms with E-state index in [4.69, 9.17) is 0 Å². The molecule has 0 aliphatic carbocycles. The largest absolute Gasteiger partial charge is 1.00 e. The maximum Gasteiger partial charge on any atom is 1.00 e. The molecule has 0 unspecified atom stereocenters. The molecule has 0 amide bonds. The van der Waals surface area contributed by atoms with Gasteiger partial charge in [0.1, 0.15) is 0 Å². The quantitative estimate of drug-likeness (QED) is 0.495. The van der Waals surface area contributed by atoms with Crippen molar-refractivity contribution in [1.82, 2.24) is 0 Å². The first-order valence-electron chi connectivity index (χ1n) is 3.39. The Balaban J connectivity index is 0.00000121. The van der Waals surface area contributed by atoms with Gasteiger partial charge in [-0.1, -0.05) is 10.6 Å². The molecule has 0 atom stereocenters. The molecule has 0 spiro atoms. The zero-order valence-corrected chi connectivity index (χ0v) is 9.34. The van der Waals surface area contributed by atoms with Crippen LogP contribution in [-0.2, 0) is 0 Å². The van der Waals surface area contributed by atoms with Gasteiger partial charge < -0.3 is 0 Å². The number of benzene rings is 1. The molecular formula is C9H11LiS2. The second kappa shape index (κ2) is 6.86. The summed E-state index contributed by atoms with van der Waals surface area (Å²) in [5.74, 6) is 0. The van der Waals surface area contributed by atoms with Crippen molar-refractivity contribution in [2.45, 2.75) is 0 Å². The van der Waals surface area contributed by atoms with Gasteiger partial charge in [0.25, 0.3) is 0 Å². The van der Waals surface area contributed by atoms with Crippen LogP contribution in [0.25, 0.3) is 0 Å². The number of thioether (sulfide) groups is 2. The van der Waals surface area contributed by atoms with Gasteiger partial charge in [-0.3, -0.25) is 0 Å². The summed E-state index contributed by atoms with van der Waals surface area (Å²) in [6.07, 6.45) is 4.22. The zero-order valence-electron chi connectivity index (χ0n) is 7.70. The third kappa shape index (κ3) is 3.41. The molecule has 1 aromatic rings. The minimum atomic E-state index is 0. The van der Waals surface area contributed by atoms with Crippen LogP contribution in [0.3, 0.4) is 0 Å². The summed E-state index contributed by atoms with van der Waals surface area (Å²) >= 11 is 3.61. The zero-order chi connectivity index (χ0) is 8.10. The van der Waals surface area contributed by atoms with Gasteiger partial charge in [0, 0.05) is 0 Å². The van der Waals surface area contributed by atoms with Crippen LogP contribution in [0.2, 0.25) is 0 Å². The number of hydrogen-bond acceptors (Lipinski definition) is 2. The Labute approximate surface area is 95.1 Å². The van der Waals surface area contributed by atoms with Crippen LogP contribution in [0.5, 0.6) is 0 Å². The van der Waals surface area contributed by atoms with Gasteiger partial charge in [-0.25, -0.2) is 0 Å². The molecule has 0 radical (unpaired) electrons. The van der Waals surface area contributed by atoms with E-state index >= 15 is 0 Å². The monoisotopic (exact) mass is 190 g/mol. The summed E-state index contributed by atoms with van der Waals surface area (Å²) in [7, 11) is 0. The van der Waals surface area contributed by atoms with E-state index in [9.17, 15) is 0 Å². The van der Waals surface area contributed by atoms with E-state index in [0.29, 0.717) is 0 Å². The van der Waals surface area contributed by atoms with E-state index < -0.39 is 0 Å². The maximum absolute atomic E-state index is 2.14. The number of hydrogen-bond donors (Lipinski definition) is 0. The maximum atomic E-state index is 2.14. The molecule has 60 valence electrons. The van der Waals surface area contributed by atoms with E-state index in [1.807, 2.05) is 6.07 Å². The molecule has 0 saturated carbocycles. The van der Waals surface area contributed by atoms with Gasteiger partial charge in [-0.15, -0.1) is 12.1 Å². The molecule has 0 aliphatic heterocycles. The fourth-order valence-electron chi connectivity index (χ4n) is 0.893. The van der Waals surface area contributed by atoms with Crippen molar-refractivity contribution < 1.29 is 18.9 Å². The molecule has 0 aliphatic rings. The first kappa shape index (κ1) is 12.4. The molecule has 0 nitrogen and oxygen atoms in total. The van der Waals surface area contributed by atoms with Gasteiger partial charge in [-0.2, -0.15) is 41.2 Å². The van der Waals surface area contributed by atoms with Crippen molar-refractivity contribution in [2.24, 2.45) is 0 Å². The molecule has 1 aromatic carbocycles. The number of rotatable bonds is 3.